The summed E-state index contributed by atoms with van der Waals surface area (Å²) in [5.74, 6) is -2.53. The van der Waals surface area contributed by atoms with Gasteiger partial charge in [-0.2, -0.15) is 0 Å². The molecule has 3 aliphatic rings. The van der Waals surface area contributed by atoms with Gasteiger partial charge >= 0.3 is 0 Å². The predicted octanol–water partition coefficient (Wildman–Crippen LogP) is -4.94. The van der Waals surface area contributed by atoms with Gasteiger partial charge in [-0.05, 0) is 18.2 Å². The van der Waals surface area contributed by atoms with Crippen LogP contribution in [0.4, 0.5) is 0 Å². The van der Waals surface area contributed by atoms with Crippen molar-refractivity contribution >= 4 is 11.0 Å². The summed E-state index contributed by atoms with van der Waals surface area (Å²) >= 11 is 0. The summed E-state index contributed by atoms with van der Waals surface area (Å²) in [6, 6.07) is 5.64. The number of aliphatic hydroxyl groups is 11. The number of ether oxygens (including phenoxy) is 7. The van der Waals surface area contributed by atoms with Crippen LogP contribution in [0, 0.1) is 0 Å². The minimum Gasteiger partial charge on any atom is -0.507 e. The molecule has 15 atom stereocenters. The molecule has 3 saturated heterocycles. The maximum absolute atomic E-state index is 13.5. The Kier molecular flexibility index (Phi) is 12.6. The summed E-state index contributed by atoms with van der Waals surface area (Å²) < 4.78 is 44.0. The third kappa shape index (κ3) is 7.83. The van der Waals surface area contributed by atoms with E-state index in [2.05, 4.69) is 0 Å². The van der Waals surface area contributed by atoms with Crippen molar-refractivity contribution in [1.82, 2.24) is 0 Å². The molecule has 0 spiro atoms. The minimum atomic E-state index is -1.91. The highest BCUT2D eigenvalue weighted by Gasteiger charge is 2.48. The smallest absolute Gasteiger partial charge is 0.239 e. The van der Waals surface area contributed by atoms with Crippen molar-refractivity contribution in [2.45, 2.75) is 92.1 Å². The van der Waals surface area contributed by atoms with Gasteiger partial charge in [0, 0.05) is 17.7 Å². The van der Waals surface area contributed by atoms with Gasteiger partial charge in [0.1, 0.15) is 95.7 Å². The second-order valence-corrected chi connectivity index (χ2v) is 13.3. The molecule has 6 rings (SSSR count). The lowest BCUT2D eigenvalue weighted by atomic mass is 9.98. The number of hydrogen-bond acceptors (Lipinski definition) is 22. The Morgan fingerprint density at radius 3 is 1.73 bits per heavy atom. The van der Waals surface area contributed by atoms with Gasteiger partial charge in [0.2, 0.25) is 23.8 Å². The van der Waals surface area contributed by atoms with Crippen molar-refractivity contribution in [3.63, 3.8) is 0 Å². The summed E-state index contributed by atoms with van der Waals surface area (Å²) in [6.07, 6.45) is -25.1. The van der Waals surface area contributed by atoms with E-state index in [1.54, 1.807) is 0 Å². The lowest BCUT2D eigenvalue weighted by Crippen LogP contribution is -2.62. The number of phenolic OH excluding ortho intramolecular Hbond substituents is 2. The fourth-order valence-electron chi connectivity index (χ4n) is 6.43. The number of hydrogen-bond donors (Lipinski definition) is 13. The number of fused-ring (bicyclic) bond motifs is 1. The fraction of sp³-hybridized carbons (Fsp3) is 0.559. The van der Waals surface area contributed by atoms with Crippen molar-refractivity contribution in [1.29, 1.82) is 0 Å². The quantitative estimate of drug-likeness (QED) is 0.0863. The lowest BCUT2D eigenvalue weighted by molar-refractivity contribution is -0.323. The highest BCUT2D eigenvalue weighted by atomic mass is 16.7. The van der Waals surface area contributed by atoms with Gasteiger partial charge < -0.3 is 104 Å². The molecule has 0 saturated carbocycles. The van der Waals surface area contributed by atoms with E-state index >= 15 is 0 Å². The van der Waals surface area contributed by atoms with E-state index < -0.39 is 135 Å². The zero-order chi connectivity index (χ0) is 40.7. The number of aromatic hydroxyl groups is 2. The highest BCUT2D eigenvalue weighted by Crippen LogP contribution is 2.40. The number of aliphatic hydroxyl groups excluding tert-OH is 11. The second-order valence-electron chi connectivity index (χ2n) is 13.3. The number of methoxy groups -OCH3 is 1. The van der Waals surface area contributed by atoms with E-state index in [1.165, 1.54) is 12.1 Å². The summed E-state index contributed by atoms with van der Waals surface area (Å²) in [5.41, 5.74) is -1.15. The molecule has 3 aliphatic heterocycles. The maximum Gasteiger partial charge on any atom is 0.239 e. The Bertz CT molecular complexity index is 1880. The Morgan fingerprint density at radius 2 is 1.16 bits per heavy atom. The molecular weight excluding hydrogens is 760 g/mol. The Morgan fingerprint density at radius 1 is 0.625 bits per heavy atom. The lowest BCUT2D eigenvalue weighted by Gasteiger charge is -2.42. The summed E-state index contributed by atoms with van der Waals surface area (Å²) in [7, 11) is 1.14. The topological polar surface area (TPSA) is 358 Å². The van der Waals surface area contributed by atoms with E-state index in [0.29, 0.717) is 0 Å². The van der Waals surface area contributed by atoms with Gasteiger partial charge in [0.25, 0.3) is 0 Å². The summed E-state index contributed by atoms with van der Waals surface area (Å²) in [4.78, 5) is 13.5. The van der Waals surface area contributed by atoms with Crippen LogP contribution in [0.5, 0.6) is 28.7 Å². The van der Waals surface area contributed by atoms with Gasteiger partial charge in [0.15, 0.2) is 23.5 Å². The zero-order valence-corrected chi connectivity index (χ0v) is 29.2. The monoisotopic (exact) mass is 802 g/mol. The molecule has 22 nitrogen and oxygen atoms in total. The second kappa shape index (κ2) is 16.9. The van der Waals surface area contributed by atoms with Crippen LogP contribution in [0.1, 0.15) is 0 Å². The molecule has 3 aromatic rings. The first kappa shape index (κ1) is 41.7. The molecule has 22 heteroatoms. The van der Waals surface area contributed by atoms with Crippen LogP contribution in [-0.4, -0.2) is 185 Å². The Balaban J connectivity index is 1.23. The molecule has 56 heavy (non-hydrogen) atoms. The molecule has 13 N–H and O–H groups in total. The van der Waals surface area contributed by atoms with E-state index in [4.69, 9.17) is 37.6 Å². The summed E-state index contributed by atoms with van der Waals surface area (Å²) in [5, 5.41) is 133. The first-order chi connectivity index (χ1) is 26.6. The third-order valence-corrected chi connectivity index (χ3v) is 9.62. The fourth-order valence-corrected chi connectivity index (χ4v) is 6.43. The van der Waals surface area contributed by atoms with Gasteiger partial charge in [0.05, 0.1) is 26.9 Å². The van der Waals surface area contributed by atoms with E-state index in [9.17, 15) is 71.2 Å². The number of phenols is 2. The van der Waals surface area contributed by atoms with Crippen LogP contribution in [0.2, 0.25) is 0 Å². The van der Waals surface area contributed by atoms with Gasteiger partial charge in [-0.25, -0.2) is 0 Å². The first-order valence-electron chi connectivity index (χ1n) is 17.1. The molecule has 4 heterocycles. The Hall–Kier alpha value is -3.95. The van der Waals surface area contributed by atoms with E-state index in [-0.39, 0.29) is 33.8 Å². The van der Waals surface area contributed by atoms with Crippen LogP contribution in [0.3, 0.4) is 0 Å². The van der Waals surface area contributed by atoms with Crippen LogP contribution in [0.15, 0.2) is 39.5 Å². The van der Waals surface area contributed by atoms with Crippen LogP contribution in [0.25, 0.3) is 22.3 Å². The third-order valence-electron chi connectivity index (χ3n) is 9.62. The molecule has 0 aliphatic carbocycles. The number of benzene rings is 2. The minimum absolute atomic E-state index is 0.0238. The SMILES string of the molecule is COc1c(-c2ccc(O[C@@H]3O[C@H](CO)[C@@H](O)[C@H](O)[C@H]3O)c(O)c2)oc2cc(O[C@H]3O[C@H](CO[C@H]4O[C@H](CO)[C@H](O)[C@@H](O)[C@H]4O)[C@H](O)[C@@H](O)[C@H]3O)cc(O)c2c1=O. The number of rotatable bonds is 11. The van der Waals surface area contributed by atoms with Crippen LogP contribution in [-0.2, 0) is 18.9 Å². The predicted molar refractivity (Wildman–Crippen MR) is 179 cm³/mol. The van der Waals surface area contributed by atoms with Crippen molar-refractivity contribution < 1.29 is 104 Å². The standard InChI is InChI=1S/C34H42O22/c1-49-31-23(42)19-13(38)5-11(51-33-28(47)26(45)22(41)18(56-33)9-50-32-27(46)24(43)20(39)16(7-35)54-32)6-15(19)52-30(31)10-2-3-14(12(37)4-10)53-34-29(48)25(44)21(40)17(8-36)55-34/h2-6,16-18,20-22,24-29,32-41,43-48H,7-9H2,1H3/t16-,17-,18-,20+,21-,22+,24-,25+,26-,27-,28-,29-,32+,33+,34-/m1/s1. The summed E-state index contributed by atoms with van der Waals surface area (Å²) in [6.45, 7) is -2.10. The van der Waals surface area contributed by atoms with Gasteiger partial charge in [-0.3, -0.25) is 4.79 Å². The average molecular weight is 803 g/mol. The normalized spacial score (nSPS) is 36.3. The molecule has 1 aromatic heterocycles. The molecular formula is C34H42O22. The van der Waals surface area contributed by atoms with E-state index in [0.717, 1.165) is 25.3 Å². The van der Waals surface area contributed by atoms with Crippen molar-refractivity contribution in [3.8, 4) is 40.1 Å². The Labute approximate surface area is 314 Å². The largest absolute Gasteiger partial charge is 0.507 e. The molecule has 3 fully saturated rings. The van der Waals surface area contributed by atoms with E-state index in [1.807, 2.05) is 0 Å². The molecule has 0 radical (unpaired) electrons. The van der Waals surface area contributed by atoms with Gasteiger partial charge in [-0.15, -0.1) is 0 Å². The molecule has 2 aromatic carbocycles. The van der Waals surface area contributed by atoms with Crippen molar-refractivity contribution in [3.05, 3.63) is 40.6 Å². The molecule has 0 bridgehead atoms. The zero-order valence-electron chi connectivity index (χ0n) is 29.2. The van der Waals surface area contributed by atoms with Crippen LogP contribution < -0.4 is 19.6 Å². The molecule has 310 valence electrons. The van der Waals surface area contributed by atoms with Gasteiger partial charge in [-0.1, -0.05) is 0 Å². The average Bonchev–Trinajstić information content (AvgIpc) is 3.17. The first-order valence-corrected chi connectivity index (χ1v) is 17.1. The molecule has 0 unspecified atom stereocenters. The van der Waals surface area contributed by atoms with Crippen molar-refractivity contribution in [2.24, 2.45) is 0 Å². The highest BCUT2D eigenvalue weighted by molar-refractivity contribution is 5.88. The van der Waals surface area contributed by atoms with Crippen LogP contribution >= 0.6 is 0 Å². The van der Waals surface area contributed by atoms with Crippen molar-refractivity contribution in [2.75, 3.05) is 26.9 Å². The maximum atomic E-state index is 13.5. The molecule has 0 amide bonds.